The lowest BCUT2D eigenvalue weighted by molar-refractivity contribution is -0.138. The zero-order chi connectivity index (χ0) is 10.8. The van der Waals surface area contributed by atoms with E-state index in [0.29, 0.717) is 18.6 Å². The summed E-state index contributed by atoms with van der Waals surface area (Å²) in [5, 5.41) is 12.0. The molecule has 5 heteroatoms. The van der Waals surface area contributed by atoms with Crippen LogP contribution in [0.25, 0.3) is 0 Å². The fourth-order valence-electron chi connectivity index (χ4n) is 2.69. The van der Waals surface area contributed by atoms with Crippen molar-refractivity contribution in [3.8, 4) is 0 Å². The van der Waals surface area contributed by atoms with Crippen LogP contribution in [-0.4, -0.2) is 53.7 Å². The van der Waals surface area contributed by atoms with Gasteiger partial charge >= 0.3 is 5.97 Å². The summed E-state index contributed by atoms with van der Waals surface area (Å²) in [6.45, 7) is 2.73. The molecule has 4 N–H and O–H groups in total. The molecule has 2 saturated heterocycles. The quantitative estimate of drug-likeness (QED) is 0.571. The summed E-state index contributed by atoms with van der Waals surface area (Å²) >= 11 is 0. The van der Waals surface area contributed by atoms with Crippen LogP contribution in [0.15, 0.2) is 0 Å². The second-order valence-corrected chi connectivity index (χ2v) is 4.49. The molecule has 2 aliphatic heterocycles. The topological polar surface area (TPSA) is 78.6 Å². The Hall–Kier alpha value is -0.650. The molecule has 0 radical (unpaired) electrons. The summed E-state index contributed by atoms with van der Waals surface area (Å²) in [5.41, 5.74) is 5.46. The van der Waals surface area contributed by atoms with Crippen LogP contribution in [0, 0.1) is 0 Å². The molecule has 2 rings (SSSR count). The summed E-state index contributed by atoms with van der Waals surface area (Å²) in [7, 11) is 0. The Labute approximate surface area is 89.6 Å². The molecule has 15 heavy (non-hydrogen) atoms. The lowest BCUT2D eigenvalue weighted by Gasteiger charge is -2.22. The van der Waals surface area contributed by atoms with E-state index in [-0.39, 0.29) is 0 Å². The predicted molar refractivity (Wildman–Crippen MR) is 56.6 cm³/mol. The second-order valence-electron chi connectivity index (χ2n) is 4.49. The monoisotopic (exact) mass is 213 g/mol. The first kappa shape index (κ1) is 10.9. The SMILES string of the molecule is NC(CNC1CCN2CCCC12)C(=O)O. The van der Waals surface area contributed by atoms with Crippen molar-refractivity contribution < 1.29 is 9.90 Å². The predicted octanol–water partition coefficient (Wildman–Crippen LogP) is -0.775. The van der Waals surface area contributed by atoms with Gasteiger partial charge < -0.3 is 16.2 Å². The van der Waals surface area contributed by atoms with Crippen molar-refractivity contribution in [2.45, 2.75) is 37.4 Å². The molecule has 2 fully saturated rings. The Morgan fingerprint density at radius 2 is 2.33 bits per heavy atom. The first-order valence-corrected chi connectivity index (χ1v) is 5.64. The smallest absolute Gasteiger partial charge is 0.321 e. The Balaban J connectivity index is 1.78. The van der Waals surface area contributed by atoms with Gasteiger partial charge in [-0.25, -0.2) is 0 Å². The number of aliphatic carboxylic acids is 1. The van der Waals surface area contributed by atoms with Gasteiger partial charge in [-0.3, -0.25) is 9.69 Å². The fourth-order valence-corrected chi connectivity index (χ4v) is 2.69. The molecule has 0 aliphatic carbocycles. The standard InChI is InChI=1S/C10H19N3O2/c11-7(10(14)15)6-12-8-3-5-13-4-1-2-9(8)13/h7-9,12H,1-6,11H2,(H,14,15). The third kappa shape index (κ3) is 2.30. The van der Waals surface area contributed by atoms with Gasteiger partial charge in [0.1, 0.15) is 6.04 Å². The molecule has 0 amide bonds. The highest BCUT2D eigenvalue weighted by molar-refractivity contribution is 5.73. The molecule has 0 spiro atoms. The number of nitrogens with one attached hydrogen (secondary N) is 1. The molecule has 2 aliphatic rings. The third-order valence-electron chi connectivity index (χ3n) is 3.52. The largest absolute Gasteiger partial charge is 0.480 e. The fraction of sp³-hybridized carbons (Fsp3) is 0.900. The third-order valence-corrected chi connectivity index (χ3v) is 3.52. The zero-order valence-electron chi connectivity index (χ0n) is 8.85. The molecular formula is C10H19N3O2. The molecule has 3 atom stereocenters. The summed E-state index contributed by atoms with van der Waals surface area (Å²) in [6, 6.07) is 0.282. The number of nitrogens with zero attached hydrogens (tertiary/aromatic N) is 1. The van der Waals surface area contributed by atoms with Crippen LogP contribution in [0.1, 0.15) is 19.3 Å². The van der Waals surface area contributed by atoms with Gasteiger partial charge in [-0.2, -0.15) is 0 Å². The number of carboxylic acid groups (broad SMARTS) is 1. The summed E-state index contributed by atoms with van der Waals surface area (Å²) in [4.78, 5) is 13.0. The molecule has 3 unspecified atom stereocenters. The van der Waals surface area contributed by atoms with Gasteiger partial charge in [-0.1, -0.05) is 0 Å². The molecule has 2 heterocycles. The number of rotatable bonds is 4. The van der Waals surface area contributed by atoms with E-state index in [1.54, 1.807) is 0 Å². The molecule has 0 aromatic heterocycles. The van der Waals surface area contributed by atoms with Crippen LogP contribution in [0.3, 0.4) is 0 Å². The van der Waals surface area contributed by atoms with E-state index < -0.39 is 12.0 Å². The second kappa shape index (κ2) is 4.47. The van der Waals surface area contributed by atoms with Crippen LogP contribution in [0.4, 0.5) is 0 Å². The van der Waals surface area contributed by atoms with Crippen LogP contribution in [-0.2, 0) is 4.79 Å². The van der Waals surface area contributed by atoms with E-state index in [0.717, 1.165) is 13.0 Å². The van der Waals surface area contributed by atoms with Gasteiger partial charge in [0.2, 0.25) is 0 Å². The van der Waals surface area contributed by atoms with Crippen LogP contribution >= 0.6 is 0 Å². The highest BCUT2D eigenvalue weighted by atomic mass is 16.4. The molecule has 5 nitrogen and oxygen atoms in total. The van der Waals surface area contributed by atoms with Gasteiger partial charge in [0.25, 0.3) is 0 Å². The van der Waals surface area contributed by atoms with Crippen LogP contribution < -0.4 is 11.1 Å². The van der Waals surface area contributed by atoms with E-state index in [4.69, 9.17) is 10.8 Å². The molecule has 86 valence electrons. The molecule has 0 bridgehead atoms. The van der Waals surface area contributed by atoms with Gasteiger partial charge in [-0.05, 0) is 25.8 Å². The lowest BCUT2D eigenvalue weighted by atomic mass is 10.1. The number of carboxylic acids is 1. The number of hydrogen-bond acceptors (Lipinski definition) is 4. The average molecular weight is 213 g/mol. The van der Waals surface area contributed by atoms with Gasteiger partial charge in [0.05, 0.1) is 0 Å². The van der Waals surface area contributed by atoms with E-state index in [1.807, 2.05) is 0 Å². The number of hydrogen-bond donors (Lipinski definition) is 3. The average Bonchev–Trinajstić information content (AvgIpc) is 2.76. The molecule has 0 aromatic carbocycles. The van der Waals surface area contributed by atoms with Crippen LogP contribution in [0.5, 0.6) is 0 Å². The molecule has 0 saturated carbocycles. The number of fused-ring (bicyclic) bond motifs is 1. The highest BCUT2D eigenvalue weighted by Crippen LogP contribution is 2.27. The first-order valence-electron chi connectivity index (χ1n) is 5.64. The Kier molecular flexibility index (Phi) is 3.23. The summed E-state index contributed by atoms with van der Waals surface area (Å²) in [5.74, 6) is -0.927. The minimum absolute atomic E-state index is 0.379. The van der Waals surface area contributed by atoms with Gasteiger partial charge in [-0.15, -0.1) is 0 Å². The molecular weight excluding hydrogens is 194 g/mol. The minimum Gasteiger partial charge on any atom is -0.480 e. The Bertz CT molecular complexity index is 247. The van der Waals surface area contributed by atoms with Crippen molar-refractivity contribution in [3.05, 3.63) is 0 Å². The Morgan fingerprint density at radius 3 is 3.07 bits per heavy atom. The van der Waals surface area contributed by atoms with Crippen molar-refractivity contribution >= 4 is 5.97 Å². The number of nitrogens with two attached hydrogens (primary N) is 1. The number of carbonyl (C=O) groups is 1. The molecule has 0 aromatic rings. The maximum Gasteiger partial charge on any atom is 0.321 e. The van der Waals surface area contributed by atoms with Gasteiger partial charge in [0, 0.05) is 25.2 Å². The summed E-state index contributed by atoms with van der Waals surface area (Å²) in [6.07, 6.45) is 3.63. The van der Waals surface area contributed by atoms with Crippen molar-refractivity contribution in [3.63, 3.8) is 0 Å². The Morgan fingerprint density at radius 1 is 1.53 bits per heavy atom. The van der Waals surface area contributed by atoms with Gasteiger partial charge in [0.15, 0.2) is 0 Å². The normalized spacial score (nSPS) is 32.9. The first-order chi connectivity index (χ1) is 7.18. The van der Waals surface area contributed by atoms with E-state index >= 15 is 0 Å². The van der Waals surface area contributed by atoms with E-state index in [1.165, 1.54) is 19.4 Å². The van der Waals surface area contributed by atoms with Crippen molar-refractivity contribution in [1.82, 2.24) is 10.2 Å². The minimum atomic E-state index is -0.927. The summed E-state index contributed by atoms with van der Waals surface area (Å²) < 4.78 is 0. The van der Waals surface area contributed by atoms with E-state index in [2.05, 4.69) is 10.2 Å². The van der Waals surface area contributed by atoms with E-state index in [9.17, 15) is 4.79 Å². The maximum atomic E-state index is 10.6. The maximum absolute atomic E-state index is 10.6. The van der Waals surface area contributed by atoms with Crippen molar-refractivity contribution in [2.24, 2.45) is 5.73 Å². The van der Waals surface area contributed by atoms with Crippen LogP contribution in [0.2, 0.25) is 0 Å². The van der Waals surface area contributed by atoms with Crippen molar-refractivity contribution in [1.29, 1.82) is 0 Å². The highest BCUT2D eigenvalue weighted by Gasteiger charge is 2.36. The lowest BCUT2D eigenvalue weighted by Crippen LogP contribution is -2.47. The van der Waals surface area contributed by atoms with Crippen molar-refractivity contribution in [2.75, 3.05) is 19.6 Å². The zero-order valence-corrected chi connectivity index (χ0v) is 8.85.